The Labute approximate surface area is 93.5 Å². The molecular formula is C12H13N3O. The topological polar surface area (TPSA) is 64.9 Å². The van der Waals surface area contributed by atoms with Gasteiger partial charge in [0, 0.05) is 0 Å². The van der Waals surface area contributed by atoms with Crippen LogP contribution in [0.5, 0.6) is 0 Å². The maximum absolute atomic E-state index is 6.42. The zero-order valence-corrected chi connectivity index (χ0v) is 9.10. The van der Waals surface area contributed by atoms with Crippen molar-refractivity contribution in [3.05, 3.63) is 47.1 Å². The van der Waals surface area contributed by atoms with E-state index in [0.717, 1.165) is 18.4 Å². The Morgan fingerprint density at radius 3 is 3.06 bits per heavy atom. The normalized spacial score (nSPS) is 23.4. The van der Waals surface area contributed by atoms with Gasteiger partial charge in [-0.3, -0.25) is 0 Å². The second kappa shape index (κ2) is 3.15. The van der Waals surface area contributed by atoms with Gasteiger partial charge in [0.15, 0.2) is 5.82 Å². The molecule has 4 heteroatoms. The minimum atomic E-state index is -0.575. The highest BCUT2D eigenvalue weighted by atomic mass is 16.5. The van der Waals surface area contributed by atoms with Crippen LogP contribution < -0.4 is 5.73 Å². The molecule has 0 aliphatic heterocycles. The summed E-state index contributed by atoms with van der Waals surface area (Å²) in [5.41, 5.74) is 9.48. The van der Waals surface area contributed by atoms with Gasteiger partial charge in [-0.05, 0) is 30.9 Å². The van der Waals surface area contributed by atoms with Crippen molar-refractivity contribution >= 4 is 0 Å². The molecule has 0 saturated carbocycles. The minimum Gasteiger partial charge on any atom is -0.343 e. The molecule has 1 atom stereocenters. The minimum absolute atomic E-state index is 0.575. The number of hydrogen-bond acceptors (Lipinski definition) is 4. The standard InChI is InChI=1S/C12H13N3O/c1-8-2-3-9-4-5-12(13,10(9)6-8)11-14-7-16-15-11/h2-3,6-7H,4-5,13H2,1H3. The van der Waals surface area contributed by atoms with Crippen LogP contribution in [0.4, 0.5) is 0 Å². The van der Waals surface area contributed by atoms with Crippen LogP contribution >= 0.6 is 0 Å². The Morgan fingerprint density at radius 2 is 2.31 bits per heavy atom. The van der Waals surface area contributed by atoms with Gasteiger partial charge in [-0.2, -0.15) is 4.98 Å². The third kappa shape index (κ3) is 1.20. The molecule has 1 heterocycles. The Bertz CT molecular complexity index is 521. The highest BCUT2D eigenvalue weighted by Crippen LogP contribution is 2.38. The molecule has 0 amide bonds. The molecule has 0 radical (unpaired) electrons. The molecule has 1 aliphatic carbocycles. The number of nitrogens with two attached hydrogens (primary N) is 1. The predicted molar refractivity (Wildman–Crippen MR) is 58.8 cm³/mol. The van der Waals surface area contributed by atoms with Crippen LogP contribution in [0.25, 0.3) is 0 Å². The molecule has 82 valence electrons. The lowest BCUT2D eigenvalue weighted by atomic mass is 9.91. The van der Waals surface area contributed by atoms with Crippen LogP contribution in [-0.2, 0) is 12.0 Å². The van der Waals surface area contributed by atoms with Crippen molar-refractivity contribution in [2.45, 2.75) is 25.3 Å². The summed E-state index contributed by atoms with van der Waals surface area (Å²) in [5, 5.41) is 3.89. The van der Waals surface area contributed by atoms with E-state index < -0.39 is 5.54 Å². The fourth-order valence-electron chi connectivity index (χ4n) is 2.39. The molecule has 2 aromatic rings. The number of nitrogens with zero attached hydrogens (tertiary/aromatic N) is 2. The van der Waals surface area contributed by atoms with Crippen LogP contribution in [0.2, 0.25) is 0 Å². The summed E-state index contributed by atoms with van der Waals surface area (Å²) in [4.78, 5) is 4.10. The Hall–Kier alpha value is -1.68. The first-order valence-corrected chi connectivity index (χ1v) is 5.36. The molecule has 16 heavy (non-hydrogen) atoms. The first-order valence-electron chi connectivity index (χ1n) is 5.36. The summed E-state index contributed by atoms with van der Waals surface area (Å²) in [7, 11) is 0. The molecule has 1 aromatic carbocycles. The smallest absolute Gasteiger partial charge is 0.213 e. The van der Waals surface area contributed by atoms with E-state index in [1.807, 2.05) is 0 Å². The Balaban J connectivity index is 2.18. The van der Waals surface area contributed by atoms with E-state index in [1.165, 1.54) is 17.5 Å². The van der Waals surface area contributed by atoms with Crippen molar-refractivity contribution in [3.63, 3.8) is 0 Å². The van der Waals surface area contributed by atoms with E-state index >= 15 is 0 Å². The van der Waals surface area contributed by atoms with Crippen molar-refractivity contribution in [1.29, 1.82) is 0 Å². The molecular weight excluding hydrogens is 202 g/mol. The number of aromatic nitrogens is 2. The highest BCUT2D eigenvalue weighted by molar-refractivity contribution is 5.44. The zero-order chi connectivity index (χ0) is 11.2. The van der Waals surface area contributed by atoms with Gasteiger partial charge in [0.1, 0.15) is 5.54 Å². The summed E-state index contributed by atoms with van der Waals surface area (Å²) >= 11 is 0. The number of rotatable bonds is 1. The molecule has 0 fully saturated rings. The van der Waals surface area contributed by atoms with E-state index in [0.29, 0.717) is 5.82 Å². The predicted octanol–water partition coefficient (Wildman–Crippen LogP) is 1.53. The summed E-state index contributed by atoms with van der Waals surface area (Å²) < 4.78 is 4.80. The van der Waals surface area contributed by atoms with E-state index in [9.17, 15) is 0 Å². The molecule has 4 nitrogen and oxygen atoms in total. The molecule has 1 unspecified atom stereocenters. The van der Waals surface area contributed by atoms with E-state index in [-0.39, 0.29) is 0 Å². The molecule has 0 bridgehead atoms. The Kier molecular flexibility index (Phi) is 1.88. The van der Waals surface area contributed by atoms with Gasteiger partial charge in [0.25, 0.3) is 0 Å². The lowest BCUT2D eigenvalue weighted by Gasteiger charge is -2.21. The van der Waals surface area contributed by atoms with Gasteiger partial charge < -0.3 is 10.3 Å². The third-order valence-electron chi connectivity index (χ3n) is 3.29. The van der Waals surface area contributed by atoms with E-state index in [4.69, 9.17) is 10.3 Å². The second-order valence-electron chi connectivity index (χ2n) is 4.39. The van der Waals surface area contributed by atoms with Gasteiger partial charge in [-0.1, -0.05) is 28.9 Å². The van der Waals surface area contributed by atoms with Crippen molar-refractivity contribution in [1.82, 2.24) is 10.1 Å². The number of benzene rings is 1. The Morgan fingerprint density at radius 1 is 1.44 bits per heavy atom. The maximum atomic E-state index is 6.42. The maximum Gasteiger partial charge on any atom is 0.213 e. The van der Waals surface area contributed by atoms with Crippen LogP contribution in [0, 0.1) is 6.92 Å². The molecule has 1 aromatic heterocycles. The lowest BCUT2D eigenvalue weighted by molar-refractivity contribution is 0.387. The SMILES string of the molecule is Cc1ccc2c(c1)C(N)(c1ncon1)CC2. The molecule has 0 spiro atoms. The van der Waals surface area contributed by atoms with Crippen LogP contribution in [0.15, 0.2) is 29.1 Å². The molecule has 1 aliphatic rings. The summed E-state index contributed by atoms with van der Waals surface area (Å²) in [6.45, 7) is 2.06. The largest absolute Gasteiger partial charge is 0.343 e. The van der Waals surface area contributed by atoms with Gasteiger partial charge >= 0.3 is 0 Å². The van der Waals surface area contributed by atoms with Crippen molar-refractivity contribution in [2.75, 3.05) is 0 Å². The summed E-state index contributed by atoms with van der Waals surface area (Å²) in [5.74, 6) is 0.580. The van der Waals surface area contributed by atoms with Gasteiger partial charge in [-0.25, -0.2) is 0 Å². The second-order valence-corrected chi connectivity index (χ2v) is 4.39. The quantitative estimate of drug-likeness (QED) is 0.783. The summed E-state index contributed by atoms with van der Waals surface area (Å²) in [6.07, 6.45) is 3.14. The van der Waals surface area contributed by atoms with Crippen LogP contribution in [0.1, 0.15) is 28.9 Å². The first-order chi connectivity index (χ1) is 7.70. The lowest BCUT2D eigenvalue weighted by Crippen LogP contribution is -2.36. The first kappa shape index (κ1) is 9.54. The van der Waals surface area contributed by atoms with Crippen molar-refractivity contribution in [3.8, 4) is 0 Å². The van der Waals surface area contributed by atoms with Gasteiger partial charge in [-0.15, -0.1) is 0 Å². The summed E-state index contributed by atoms with van der Waals surface area (Å²) in [6, 6.07) is 6.37. The van der Waals surface area contributed by atoms with Crippen LogP contribution in [0.3, 0.4) is 0 Å². The van der Waals surface area contributed by atoms with Crippen molar-refractivity contribution in [2.24, 2.45) is 5.73 Å². The van der Waals surface area contributed by atoms with Crippen molar-refractivity contribution < 1.29 is 4.52 Å². The van der Waals surface area contributed by atoms with Crippen LogP contribution in [-0.4, -0.2) is 10.1 Å². The number of fused-ring (bicyclic) bond motifs is 1. The average Bonchev–Trinajstić information content (AvgIpc) is 2.88. The van der Waals surface area contributed by atoms with Gasteiger partial charge in [0.05, 0.1) is 0 Å². The molecule has 3 rings (SSSR count). The zero-order valence-electron chi connectivity index (χ0n) is 9.10. The van der Waals surface area contributed by atoms with E-state index in [1.54, 1.807) is 0 Å². The third-order valence-corrected chi connectivity index (χ3v) is 3.29. The highest BCUT2D eigenvalue weighted by Gasteiger charge is 2.40. The number of aryl methyl sites for hydroxylation is 2. The number of hydrogen-bond donors (Lipinski definition) is 1. The fraction of sp³-hybridized carbons (Fsp3) is 0.333. The fourth-order valence-corrected chi connectivity index (χ4v) is 2.39. The average molecular weight is 215 g/mol. The molecule has 0 saturated heterocycles. The van der Waals surface area contributed by atoms with E-state index in [2.05, 4.69) is 35.3 Å². The van der Waals surface area contributed by atoms with Gasteiger partial charge in [0.2, 0.25) is 6.39 Å². The monoisotopic (exact) mass is 215 g/mol. The molecule has 2 N–H and O–H groups in total.